The lowest BCUT2D eigenvalue weighted by atomic mass is 10.0. The Bertz CT molecular complexity index is 554. The molecule has 2 unspecified atom stereocenters. The molecule has 0 aliphatic heterocycles. The predicted octanol–water partition coefficient (Wildman–Crippen LogP) is 2.30. The van der Waals surface area contributed by atoms with Crippen molar-refractivity contribution in [3.05, 3.63) is 71.8 Å². The van der Waals surface area contributed by atoms with Crippen molar-refractivity contribution >= 4 is 5.91 Å². The summed E-state index contributed by atoms with van der Waals surface area (Å²) in [6.45, 7) is 2.00. The third kappa shape index (κ3) is 5.04. The van der Waals surface area contributed by atoms with Crippen LogP contribution in [0.15, 0.2) is 60.7 Å². The van der Waals surface area contributed by atoms with Crippen molar-refractivity contribution in [2.75, 3.05) is 0 Å². The van der Waals surface area contributed by atoms with Gasteiger partial charge in [-0.05, 0) is 30.9 Å². The van der Waals surface area contributed by atoms with Crippen molar-refractivity contribution in [2.24, 2.45) is 5.73 Å². The smallest absolute Gasteiger partial charge is 0.237 e. The van der Waals surface area contributed by atoms with Crippen LogP contribution in [0.4, 0.5) is 0 Å². The Labute approximate surface area is 126 Å². The standard InChI is InChI=1S/C18H22N2O/c1-14(12-15-8-4-2-5-9-15)20-18(21)17(19)13-16-10-6-3-7-11-16/h2-11,14,17H,12-13,19H2,1H3,(H,20,21). The lowest BCUT2D eigenvalue weighted by molar-refractivity contribution is -0.122. The number of hydrogen-bond acceptors (Lipinski definition) is 2. The maximum Gasteiger partial charge on any atom is 0.237 e. The normalized spacial score (nSPS) is 13.4. The number of carbonyl (C=O) groups excluding carboxylic acids is 1. The Hall–Kier alpha value is -2.13. The maximum atomic E-state index is 12.1. The highest BCUT2D eigenvalue weighted by Gasteiger charge is 2.16. The van der Waals surface area contributed by atoms with E-state index in [1.165, 1.54) is 5.56 Å². The summed E-state index contributed by atoms with van der Waals surface area (Å²) in [6.07, 6.45) is 1.37. The molecule has 110 valence electrons. The van der Waals surface area contributed by atoms with Crippen LogP contribution in [0.2, 0.25) is 0 Å². The van der Waals surface area contributed by atoms with Crippen molar-refractivity contribution in [2.45, 2.75) is 31.8 Å². The fourth-order valence-electron chi connectivity index (χ4n) is 2.33. The molecule has 0 radical (unpaired) electrons. The van der Waals surface area contributed by atoms with Gasteiger partial charge in [0.05, 0.1) is 6.04 Å². The molecule has 2 atom stereocenters. The molecule has 21 heavy (non-hydrogen) atoms. The van der Waals surface area contributed by atoms with Crippen LogP contribution in [0, 0.1) is 0 Å². The Morgan fingerprint density at radius 1 is 0.952 bits per heavy atom. The summed E-state index contributed by atoms with van der Waals surface area (Å²) >= 11 is 0. The van der Waals surface area contributed by atoms with Gasteiger partial charge in [-0.15, -0.1) is 0 Å². The zero-order valence-electron chi connectivity index (χ0n) is 12.3. The first-order valence-corrected chi connectivity index (χ1v) is 7.29. The second-order valence-corrected chi connectivity index (χ2v) is 5.40. The molecule has 0 saturated heterocycles. The minimum atomic E-state index is -0.509. The van der Waals surface area contributed by atoms with Crippen molar-refractivity contribution in [3.8, 4) is 0 Å². The van der Waals surface area contributed by atoms with Gasteiger partial charge in [-0.1, -0.05) is 60.7 Å². The van der Waals surface area contributed by atoms with Crippen LogP contribution in [0.5, 0.6) is 0 Å². The number of carbonyl (C=O) groups is 1. The fraction of sp³-hybridized carbons (Fsp3) is 0.278. The molecule has 1 amide bonds. The highest BCUT2D eigenvalue weighted by molar-refractivity contribution is 5.82. The zero-order chi connectivity index (χ0) is 15.1. The Kier molecular flexibility index (Phi) is 5.52. The molecule has 2 aromatic rings. The second kappa shape index (κ2) is 7.60. The van der Waals surface area contributed by atoms with Gasteiger partial charge in [0.1, 0.15) is 0 Å². The van der Waals surface area contributed by atoms with Gasteiger partial charge in [-0.25, -0.2) is 0 Å². The zero-order valence-corrected chi connectivity index (χ0v) is 12.3. The molecule has 0 spiro atoms. The Morgan fingerprint density at radius 2 is 1.43 bits per heavy atom. The van der Waals surface area contributed by atoms with E-state index < -0.39 is 6.04 Å². The molecule has 2 aromatic carbocycles. The van der Waals surface area contributed by atoms with E-state index in [-0.39, 0.29) is 11.9 Å². The van der Waals surface area contributed by atoms with E-state index in [0.29, 0.717) is 6.42 Å². The molecule has 3 nitrogen and oxygen atoms in total. The molecule has 3 heteroatoms. The van der Waals surface area contributed by atoms with E-state index in [9.17, 15) is 4.79 Å². The highest BCUT2D eigenvalue weighted by atomic mass is 16.2. The molecular weight excluding hydrogens is 260 g/mol. The predicted molar refractivity (Wildman–Crippen MR) is 85.9 cm³/mol. The van der Waals surface area contributed by atoms with Crippen LogP contribution in [0.1, 0.15) is 18.1 Å². The average Bonchev–Trinajstić information content (AvgIpc) is 2.49. The van der Waals surface area contributed by atoms with Crippen molar-refractivity contribution in [1.82, 2.24) is 5.32 Å². The van der Waals surface area contributed by atoms with E-state index in [1.54, 1.807) is 0 Å². The summed E-state index contributed by atoms with van der Waals surface area (Å²) in [5.74, 6) is -0.0951. The maximum absolute atomic E-state index is 12.1. The van der Waals surface area contributed by atoms with Gasteiger partial charge in [0.2, 0.25) is 5.91 Å². The van der Waals surface area contributed by atoms with Crippen LogP contribution in [-0.4, -0.2) is 18.0 Å². The van der Waals surface area contributed by atoms with Crippen molar-refractivity contribution < 1.29 is 4.79 Å². The Morgan fingerprint density at radius 3 is 1.95 bits per heavy atom. The molecule has 0 aliphatic rings. The van der Waals surface area contributed by atoms with Gasteiger partial charge in [0.15, 0.2) is 0 Å². The molecule has 0 bridgehead atoms. The summed E-state index contributed by atoms with van der Waals surface area (Å²) in [7, 11) is 0. The van der Waals surface area contributed by atoms with Crippen LogP contribution >= 0.6 is 0 Å². The lowest BCUT2D eigenvalue weighted by Gasteiger charge is -2.17. The Balaban J connectivity index is 1.83. The van der Waals surface area contributed by atoms with Gasteiger partial charge in [0.25, 0.3) is 0 Å². The molecular formula is C18H22N2O. The van der Waals surface area contributed by atoms with E-state index in [2.05, 4.69) is 17.4 Å². The number of amides is 1. The van der Waals surface area contributed by atoms with Crippen molar-refractivity contribution in [1.29, 1.82) is 0 Å². The summed E-state index contributed by atoms with van der Waals surface area (Å²) in [4.78, 5) is 12.1. The van der Waals surface area contributed by atoms with Crippen LogP contribution in [0.25, 0.3) is 0 Å². The molecule has 0 aliphatic carbocycles. The molecule has 3 N–H and O–H groups in total. The first-order valence-electron chi connectivity index (χ1n) is 7.29. The monoisotopic (exact) mass is 282 g/mol. The van der Waals surface area contributed by atoms with Gasteiger partial charge < -0.3 is 11.1 Å². The van der Waals surface area contributed by atoms with Crippen LogP contribution < -0.4 is 11.1 Å². The second-order valence-electron chi connectivity index (χ2n) is 5.40. The quantitative estimate of drug-likeness (QED) is 0.854. The van der Waals surface area contributed by atoms with E-state index >= 15 is 0 Å². The van der Waals surface area contributed by atoms with E-state index in [4.69, 9.17) is 5.73 Å². The van der Waals surface area contributed by atoms with Crippen molar-refractivity contribution in [3.63, 3.8) is 0 Å². The van der Waals surface area contributed by atoms with Crippen LogP contribution in [-0.2, 0) is 17.6 Å². The average molecular weight is 282 g/mol. The fourth-order valence-corrected chi connectivity index (χ4v) is 2.33. The SMILES string of the molecule is CC(Cc1ccccc1)NC(=O)C(N)Cc1ccccc1. The summed E-state index contributed by atoms with van der Waals surface area (Å²) in [5.41, 5.74) is 8.27. The number of nitrogens with two attached hydrogens (primary N) is 1. The number of nitrogens with one attached hydrogen (secondary N) is 1. The summed E-state index contributed by atoms with van der Waals surface area (Å²) < 4.78 is 0. The molecule has 2 rings (SSSR count). The van der Waals surface area contributed by atoms with Crippen LogP contribution in [0.3, 0.4) is 0 Å². The van der Waals surface area contributed by atoms with Gasteiger partial charge in [-0.2, -0.15) is 0 Å². The molecule has 0 fully saturated rings. The van der Waals surface area contributed by atoms with Gasteiger partial charge in [0, 0.05) is 6.04 Å². The topological polar surface area (TPSA) is 55.1 Å². The van der Waals surface area contributed by atoms with Gasteiger partial charge in [-0.3, -0.25) is 4.79 Å². The largest absolute Gasteiger partial charge is 0.352 e. The lowest BCUT2D eigenvalue weighted by Crippen LogP contribution is -2.46. The highest BCUT2D eigenvalue weighted by Crippen LogP contribution is 2.05. The first kappa shape index (κ1) is 15.3. The molecule has 0 aromatic heterocycles. The first-order chi connectivity index (χ1) is 10.1. The minimum Gasteiger partial charge on any atom is -0.352 e. The number of hydrogen-bond donors (Lipinski definition) is 2. The summed E-state index contributed by atoms with van der Waals surface area (Å²) in [5, 5.41) is 2.98. The third-order valence-electron chi connectivity index (χ3n) is 3.41. The van der Waals surface area contributed by atoms with Gasteiger partial charge >= 0.3 is 0 Å². The minimum absolute atomic E-state index is 0.0710. The third-order valence-corrected chi connectivity index (χ3v) is 3.41. The number of rotatable bonds is 6. The van der Waals surface area contributed by atoms with E-state index in [1.807, 2.05) is 55.5 Å². The molecule has 0 heterocycles. The molecule has 0 saturated carbocycles. The summed E-state index contributed by atoms with van der Waals surface area (Å²) in [6, 6.07) is 19.5. The van der Waals surface area contributed by atoms with E-state index in [0.717, 1.165) is 12.0 Å². The number of benzene rings is 2.